The van der Waals surface area contributed by atoms with Crippen molar-refractivity contribution >= 4 is 11.7 Å². The van der Waals surface area contributed by atoms with Crippen LogP contribution in [0.4, 0.5) is 5.69 Å². The first-order chi connectivity index (χ1) is 9.06. The highest BCUT2D eigenvalue weighted by Gasteiger charge is 2.12. The number of esters is 1. The van der Waals surface area contributed by atoms with E-state index in [0.29, 0.717) is 5.56 Å². The molecule has 0 bridgehead atoms. The molecule has 0 aromatic heterocycles. The normalized spacial score (nSPS) is 11.8. The van der Waals surface area contributed by atoms with E-state index in [-0.39, 0.29) is 12.1 Å². The Kier molecular flexibility index (Phi) is 5.23. The zero-order valence-corrected chi connectivity index (χ0v) is 10.3. The van der Waals surface area contributed by atoms with E-state index in [1.54, 1.807) is 13.0 Å². The first-order valence-electron chi connectivity index (χ1n) is 5.52. The Bertz CT molecular complexity index is 529. The lowest BCUT2D eigenvalue weighted by Crippen LogP contribution is -2.16. The highest BCUT2D eigenvalue weighted by atomic mass is 16.6. The fourth-order valence-electron chi connectivity index (χ4n) is 1.37. The van der Waals surface area contributed by atoms with Gasteiger partial charge in [-0.3, -0.25) is 14.9 Å². The highest BCUT2D eigenvalue weighted by molar-refractivity contribution is 5.73. The maximum Gasteiger partial charge on any atom is 0.311 e. The third kappa shape index (κ3) is 4.60. The molecule has 0 aliphatic heterocycles. The SMILES string of the molecule is C/C=C/[C@@H](C#N)OC(=O)Cc1ccc([N+](=O)[O-])cc1. The maximum absolute atomic E-state index is 11.5. The quantitative estimate of drug-likeness (QED) is 0.350. The Morgan fingerprint density at radius 1 is 1.53 bits per heavy atom. The second kappa shape index (κ2) is 6.91. The van der Waals surface area contributed by atoms with Gasteiger partial charge in [0, 0.05) is 12.1 Å². The number of benzene rings is 1. The van der Waals surface area contributed by atoms with Crippen LogP contribution in [0, 0.1) is 21.4 Å². The Morgan fingerprint density at radius 2 is 2.16 bits per heavy atom. The standard InChI is InChI=1S/C13H12N2O4/c1-2-3-12(9-14)19-13(16)8-10-4-6-11(7-5-10)15(17)18/h2-7,12H,8H2,1H3/b3-2+/t12-/m0/s1. The number of non-ortho nitro benzene ring substituents is 1. The van der Waals surface area contributed by atoms with Crippen LogP contribution in [0.5, 0.6) is 0 Å². The number of ether oxygens (including phenoxy) is 1. The van der Waals surface area contributed by atoms with Gasteiger partial charge in [0.25, 0.3) is 5.69 Å². The molecule has 6 nitrogen and oxygen atoms in total. The van der Waals surface area contributed by atoms with Crippen LogP contribution in [-0.2, 0) is 16.0 Å². The number of nitriles is 1. The first kappa shape index (κ1) is 14.4. The Labute approximate surface area is 110 Å². The molecule has 0 aliphatic rings. The summed E-state index contributed by atoms with van der Waals surface area (Å²) in [6.07, 6.45) is 2.14. The van der Waals surface area contributed by atoms with Crippen molar-refractivity contribution < 1.29 is 14.5 Å². The van der Waals surface area contributed by atoms with Crippen molar-refractivity contribution in [1.82, 2.24) is 0 Å². The average molecular weight is 260 g/mol. The van der Waals surface area contributed by atoms with Gasteiger partial charge in [-0.25, -0.2) is 0 Å². The monoisotopic (exact) mass is 260 g/mol. The second-order valence-corrected chi connectivity index (χ2v) is 3.67. The number of hydrogen-bond acceptors (Lipinski definition) is 5. The van der Waals surface area contributed by atoms with Gasteiger partial charge in [0.1, 0.15) is 6.07 Å². The topological polar surface area (TPSA) is 93.2 Å². The molecule has 0 saturated carbocycles. The van der Waals surface area contributed by atoms with Crippen LogP contribution in [0.25, 0.3) is 0 Å². The van der Waals surface area contributed by atoms with Gasteiger partial charge in [-0.15, -0.1) is 0 Å². The third-order valence-corrected chi connectivity index (χ3v) is 2.25. The Morgan fingerprint density at radius 3 is 2.63 bits per heavy atom. The van der Waals surface area contributed by atoms with Crippen molar-refractivity contribution in [3.8, 4) is 6.07 Å². The molecule has 0 aliphatic carbocycles. The third-order valence-electron chi connectivity index (χ3n) is 2.25. The largest absolute Gasteiger partial charge is 0.442 e. The minimum atomic E-state index is -0.907. The summed E-state index contributed by atoms with van der Waals surface area (Å²) in [6.45, 7) is 1.72. The van der Waals surface area contributed by atoms with E-state index >= 15 is 0 Å². The zero-order chi connectivity index (χ0) is 14.3. The van der Waals surface area contributed by atoms with Crippen molar-refractivity contribution in [2.75, 3.05) is 0 Å². The fourth-order valence-corrected chi connectivity index (χ4v) is 1.37. The summed E-state index contributed by atoms with van der Waals surface area (Å²) in [4.78, 5) is 21.5. The summed E-state index contributed by atoms with van der Waals surface area (Å²) in [5.41, 5.74) is 0.550. The van der Waals surface area contributed by atoms with Gasteiger partial charge in [-0.1, -0.05) is 18.2 Å². The van der Waals surface area contributed by atoms with Gasteiger partial charge in [-0.2, -0.15) is 5.26 Å². The zero-order valence-electron chi connectivity index (χ0n) is 10.3. The lowest BCUT2D eigenvalue weighted by Gasteiger charge is -2.06. The van der Waals surface area contributed by atoms with Crippen molar-refractivity contribution in [3.63, 3.8) is 0 Å². The number of nitrogens with zero attached hydrogens (tertiary/aromatic N) is 2. The molecule has 0 N–H and O–H groups in total. The van der Waals surface area contributed by atoms with Gasteiger partial charge in [0.15, 0.2) is 0 Å². The van der Waals surface area contributed by atoms with Crippen molar-refractivity contribution in [2.45, 2.75) is 19.4 Å². The summed E-state index contributed by atoms with van der Waals surface area (Å²) < 4.78 is 4.90. The van der Waals surface area contributed by atoms with E-state index in [2.05, 4.69) is 0 Å². The number of carbonyl (C=O) groups excluding carboxylic acids is 1. The van der Waals surface area contributed by atoms with E-state index in [1.165, 1.54) is 30.3 Å². The van der Waals surface area contributed by atoms with Gasteiger partial charge in [-0.05, 0) is 18.6 Å². The predicted molar refractivity (Wildman–Crippen MR) is 67.1 cm³/mol. The molecule has 1 aromatic carbocycles. The first-order valence-corrected chi connectivity index (χ1v) is 5.52. The van der Waals surface area contributed by atoms with Crippen molar-refractivity contribution in [1.29, 1.82) is 5.26 Å². The molecule has 6 heteroatoms. The van der Waals surface area contributed by atoms with Crippen LogP contribution in [0.1, 0.15) is 12.5 Å². The average Bonchev–Trinajstić information content (AvgIpc) is 2.38. The van der Waals surface area contributed by atoms with E-state index in [4.69, 9.17) is 10.00 Å². The van der Waals surface area contributed by atoms with Crippen molar-refractivity contribution in [3.05, 3.63) is 52.1 Å². The van der Waals surface area contributed by atoms with Crippen LogP contribution in [-0.4, -0.2) is 17.0 Å². The van der Waals surface area contributed by atoms with Crippen LogP contribution in [0.2, 0.25) is 0 Å². The molecule has 0 radical (unpaired) electrons. The summed E-state index contributed by atoms with van der Waals surface area (Å²) in [5, 5.41) is 19.2. The number of nitro groups is 1. The molecular formula is C13H12N2O4. The molecule has 0 spiro atoms. The minimum absolute atomic E-state index is 0.0340. The molecule has 1 atom stereocenters. The predicted octanol–water partition coefficient (Wildman–Crippen LogP) is 2.15. The lowest BCUT2D eigenvalue weighted by atomic mass is 10.1. The molecule has 98 valence electrons. The summed E-state index contributed by atoms with van der Waals surface area (Å²) in [6, 6.07) is 7.42. The summed E-state index contributed by atoms with van der Waals surface area (Å²) in [5.74, 6) is -0.557. The molecule has 0 amide bonds. The molecule has 0 saturated heterocycles. The van der Waals surface area contributed by atoms with Crippen LogP contribution in [0.15, 0.2) is 36.4 Å². The molecule has 0 fully saturated rings. The number of carbonyl (C=O) groups is 1. The van der Waals surface area contributed by atoms with E-state index < -0.39 is 17.0 Å². The van der Waals surface area contributed by atoms with Crippen LogP contribution < -0.4 is 0 Å². The van der Waals surface area contributed by atoms with E-state index in [1.807, 2.05) is 6.07 Å². The highest BCUT2D eigenvalue weighted by Crippen LogP contribution is 2.12. The van der Waals surface area contributed by atoms with Gasteiger partial charge >= 0.3 is 5.97 Å². The van der Waals surface area contributed by atoms with Gasteiger partial charge < -0.3 is 4.74 Å². The number of allylic oxidation sites excluding steroid dienone is 1. The molecule has 0 unspecified atom stereocenters. The van der Waals surface area contributed by atoms with Gasteiger partial charge in [0.05, 0.1) is 11.3 Å². The van der Waals surface area contributed by atoms with Crippen LogP contribution >= 0.6 is 0 Å². The van der Waals surface area contributed by atoms with E-state index in [9.17, 15) is 14.9 Å². The second-order valence-electron chi connectivity index (χ2n) is 3.67. The molecular weight excluding hydrogens is 248 g/mol. The summed E-state index contributed by atoms with van der Waals surface area (Å²) >= 11 is 0. The van der Waals surface area contributed by atoms with Crippen molar-refractivity contribution in [2.24, 2.45) is 0 Å². The molecule has 1 aromatic rings. The number of rotatable bonds is 5. The number of nitro benzene ring substituents is 1. The van der Waals surface area contributed by atoms with Gasteiger partial charge in [0.2, 0.25) is 6.10 Å². The van der Waals surface area contributed by atoms with Crippen LogP contribution in [0.3, 0.4) is 0 Å². The Hall–Kier alpha value is -2.68. The molecule has 0 heterocycles. The van der Waals surface area contributed by atoms with E-state index in [0.717, 1.165) is 0 Å². The smallest absolute Gasteiger partial charge is 0.311 e. The molecule has 19 heavy (non-hydrogen) atoms. The maximum atomic E-state index is 11.5. The fraction of sp³-hybridized carbons (Fsp3) is 0.231. The summed E-state index contributed by atoms with van der Waals surface area (Å²) in [7, 11) is 0. The molecule has 1 rings (SSSR count). The lowest BCUT2D eigenvalue weighted by molar-refractivity contribution is -0.384. The minimum Gasteiger partial charge on any atom is -0.442 e. The Balaban J connectivity index is 2.62. The number of hydrogen-bond donors (Lipinski definition) is 0.